The zero-order chi connectivity index (χ0) is 21.8. The van der Waals surface area contributed by atoms with Crippen LogP contribution in [0.15, 0.2) is 69.9 Å². The highest BCUT2D eigenvalue weighted by Crippen LogP contribution is 2.21. The van der Waals surface area contributed by atoms with Gasteiger partial charge in [0.25, 0.3) is 5.56 Å². The van der Waals surface area contributed by atoms with Gasteiger partial charge < -0.3 is 5.32 Å². The molecule has 1 amide bonds. The summed E-state index contributed by atoms with van der Waals surface area (Å²) in [5.74, 6) is -0.507. The molecule has 0 spiro atoms. The van der Waals surface area contributed by atoms with E-state index in [1.807, 2.05) is 29.6 Å². The number of rotatable bonds is 7. The first-order valence-electron chi connectivity index (χ1n) is 9.72. The Kier molecular flexibility index (Phi) is 6.48. The van der Waals surface area contributed by atoms with Crippen molar-refractivity contribution in [3.05, 3.63) is 86.6 Å². The monoisotopic (exact) mass is 453 g/mol. The number of thiophene rings is 1. The number of anilines is 1. The van der Waals surface area contributed by atoms with Crippen LogP contribution in [0.1, 0.15) is 10.4 Å². The van der Waals surface area contributed by atoms with Crippen LogP contribution in [-0.4, -0.2) is 21.2 Å². The highest BCUT2D eigenvalue weighted by molar-refractivity contribution is 7.99. The van der Waals surface area contributed by atoms with Gasteiger partial charge in [-0.1, -0.05) is 30.0 Å². The lowest BCUT2D eigenvalue weighted by atomic mass is 10.2. The first kappa shape index (κ1) is 21.3. The average molecular weight is 454 g/mol. The maximum absolute atomic E-state index is 13.3. The van der Waals surface area contributed by atoms with Gasteiger partial charge in [-0.05, 0) is 60.7 Å². The Labute approximate surface area is 187 Å². The number of hydrogen-bond acceptors (Lipinski definition) is 5. The number of aryl methyl sites for hydroxylation is 2. The van der Waals surface area contributed by atoms with Gasteiger partial charge in [0.05, 0.1) is 16.7 Å². The van der Waals surface area contributed by atoms with Crippen molar-refractivity contribution in [2.45, 2.75) is 25.0 Å². The number of fused-ring (bicyclic) bond motifs is 1. The van der Waals surface area contributed by atoms with Gasteiger partial charge in [0.1, 0.15) is 5.82 Å². The molecule has 0 atom stereocenters. The van der Waals surface area contributed by atoms with E-state index in [9.17, 15) is 14.0 Å². The molecule has 0 saturated heterocycles. The Hall–Kier alpha value is -2.97. The predicted molar refractivity (Wildman–Crippen MR) is 125 cm³/mol. The standard InChI is InChI=1S/C23H20FN3O2S2/c1-15-13-16(24)8-9-19(15)25-21(28)14-31-23-26-20-7-3-2-6-18(20)22(29)27(23)11-10-17-5-4-12-30-17/h2-9,12-13H,10-11,14H2,1H3,(H,25,28). The fourth-order valence-electron chi connectivity index (χ4n) is 3.22. The van der Waals surface area contributed by atoms with Gasteiger partial charge in [-0.15, -0.1) is 11.3 Å². The molecule has 0 saturated carbocycles. The Morgan fingerprint density at radius 3 is 2.81 bits per heavy atom. The maximum atomic E-state index is 13.3. The van der Waals surface area contributed by atoms with E-state index in [2.05, 4.69) is 10.3 Å². The molecule has 0 radical (unpaired) electrons. The summed E-state index contributed by atoms with van der Waals surface area (Å²) in [6.45, 7) is 2.22. The minimum Gasteiger partial charge on any atom is -0.325 e. The molecule has 5 nitrogen and oxygen atoms in total. The normalized spacial score (nSPS) is 11.0. The second kappa shape index (κ2) is 9.45. The lowest BCUT2D eigenvalue weighted by Gasteiger charge is -2.13. The number of benzene rings is 2. The summed E-state index contributed by atoms with van der Waals surface area (Å²) < 4.78 is 14.9. The Morgan fingerprint density at radius 2 is 2.03 bits per heavy atom. The molecular weight excluding hydrogens is 433 g/mol. The number of carbonyl (C=O) groups excluding carboxylic acids is 1. The number of nitrogens with one attached hydrogen (secondary N) is 1. The molecule has 4 rings (SSSR count). The quantitative estimate of drug-likeness (QED) is 0.320. The summed E-state index contributed by atoms with van der Waals surface area (Å²) >= 11 is 2.86. The SMILES string of the molecule is Cc1cc(F)ccc1NC(=O)CSc1nc2ccccc2c(=O)n1CCc1cccs1. The molecule has 2 aromatic heterocycles. The third kappa shape index (κ3) is 5.03. The first-order chi connectivity index (χ1) is 15.0. The Balaban J connectivity index is 1.55. The van der Waals surface area contributed by atoms with E-state index >= 15 is 0 Å². The molecule has 2 heterocycles. The largest absolute Gasteiger partial charge is 0.325 e. The summed E-state index contributed by atoms with van der Waals surface area (Å²) in [5, 5.41) is 5.87. The molecule has 4 aromatic rings. The Bertz CT molecular complexity index is 1290. The van der Waals surface area contributed by atoms with Gasteiger partial charge in [0.15, 0.2) is 5.16 Å². The third-order valence-corrected chi connectivity index (χ3v) is 6.70. The summed E-state index contributed by atoms with van der Waals surface area (Å²) in [7, 11) is 0. The summed E-state index contributed by atoms with van der Waals surface area (Å²) in [6.07, 6.45) is 0.714. The summed E-state index contributed by atoms with van der Waals surface area (Å²) in [6, 6.07) is 15.5. The number of hydrogen-bond donors (Lipinski definition) is 1. The van der Waals surface area contributed by atoms with Gasteiger partial charge >= 0.3 is 0 Å². The van der Waals surface area contributed by atoms with E-state index in [0.29, 0.717) is 40.3 Å². The van der Waals surface area contributed by atoms with E-state index < -0.39 is 0 Å². The molecule has 0 bridgehead atoms. The minimum atomic E-state index is -0.347. The van der Waals surface area contributed by atoms with Crippen molar-refractivity contribution in [3.63, 3.8) is 0 Å². The summed E-state index contributed by atoms with van der Waals surface area (Å²) in [4.78, 5) is 31.4. The highest BCUT2D eigenvalue weighted by Gasteiger charge is 2.14. The topological polar surface area (TPSA) is 64.0 Å². The number of amides is 1. The lowest BCUT2D eigenvalue weighted by Crippen LogP contribution is -2.25. The van der Waals surface area contributed by atoms with Crippen molar-refractivity contribution in [2.24, 2.45) is 0 Å². The van der Waals surface area contributed by atoms with Gasteiger partial charge in [-0.2, -0.15) is 0 Å². The number of carbonyl (C=O) groups is 1. The molecule has 1 N–H and O–H groups in total. The predicted octanol–water partition coefficient (Wildman–Crippen LogP) is 4.88. The number of thioether (sulfide) groups is 1. The lowest BCUT2D eigenvalue weighted by molar-refractivity contribution is -0.113. The van der Waals surface area contributed by atoms with Crippen LogP contribution >= 0.6 is 23.1 Å². The number of halogens is 1. The smallest absolute Gasteiger partial charge is 0.262 e. The van der Waals surface area contributed by atoms with E-state index in [4.69, 9.17) is 0 Å². The fourth-order valence-corrected chi connectivity index (χ4v) is 4.74. The van der Waals surface area contributed by atoms with E-state index in [1.54, 1.807) is 41.0 Å². The molecular formula is C23H20FN3O2S2. The minimum absolute atomic E-state index is 0.0839. The molecule has 8 heteroatoms. The highest BCUT2D eigenvalue weighted by atomic mass is 32.2. The molecule has 0 unspecified atom stereocenters. The van der Waals surface area contributed by atoms with Crippen LogP contribution in [0.5, 0.6) is 0 Å². The second-order valence-electron chi connectivity index (χ2n) is 6.99. The molecule has 31 heavy (non-hydrogen) atoms. The van der Waals surface area contributed by atoms with Gasteiger partial charge in [0.2, 0.25) is 5.91 Å². The molecule has 2 aromatic carbocycles. The molecule has 158 valence electrons. The van der Waals surface area contributed by atoms with Crippen LogP contribution in [0.4, 0.5) is 10.1 Å². The third-order valence-electron chi connectivity index (χ3n) is 4.78. The van der Waals surface area contributed by atoms with Crippen molar-refractivity contribution in [1.29, 1.82) is 0 Å². The van der Waals surface area contributed by atoms with Gasteiger partial charge in [0, 0.05) is 17.1 Å². The molecule has 0 fully saturated rings. The average Bonchev–Trinajstić information content (AvgIpc) is 3.27. The number of aromatic nitrogens is 2. The van der Waals surface area contributed by atoms with Crippen molar-refractivity contribution < 1.29 is 9.18 Å². The van der Waals surface area contributed by atoms with Gasteiger partial charge in [-0.3, -0.25) is 14.2 Å². The van der Waals surface area contributed by atoms with Crippen LogP contribution in [0.25, 0.3) is 10.9 Å². The zero-order valence-corrected chi connectivity index (χ0v) is 18.4. The second-order valence-corrected chi connectivity index (χ2v) is 8.97. The molecule has 0 aliphatic rings. The van der Waals surface area contributed by atoms with E-state index in [-0.39, 0.29) is 23.0 Å². The van der Waals surface area contributed by atoms with Crippen LogP contribution in [0.3, 0.4) is 0 Å². The van der Waals surface area contributed by atoms with Crippen LogP contribution in [0, 0.1) is 12.7 Å². The fraction of sp³-hybridized carbons (Fsp3) is 0.174. The molecule has 0 aliphatic heterocycles. The zero-order valence-electron chi connectivity index (χ0n) is 16.8. The van der Waals surface area contributed by atoms with Crippen molar-refractivity contribution >= 4 is 45.6 Å². The van der Waals surface area contributed by atoms with E-state index in [0.717, 1.165) is 0 Å². The van der Waals surface area contributed by atoms with Crippen LogP contribution in [-0.2, 0) is 17.8 Å². The maximum Gasteiger partial charge on any atom is 0.262 e. The van der Waals surface area contributed by atoms with Crippen LogP contribution in [0.2, 0.25) is 0 Å². The first-order valence-corrected chi connectivity index (χ1v) is 11.6. The van der Waals surface area contributed by atoms with E-state index in [1.165, 1.54) is 28.8 Å². The Morgan fingerprint density at radius 1 is 1.19 bits per heavy atom. The summed E-state index contributed by atoms with van der Waals surface area (Å²) in [5.41, 5.74) is 1.71. The number of nitrogens with zero attached hydrogens (tertiary/aromatic N) is 2. The van der Waals surface area contributed by atoms with Crippen molar-refractivity contribution in [1.82, 2.24) is 9.55 Å². The van der Waals surface area contributed by atoms with Crippen molar-refractivity contribution in [2.75, 3.05) is 11.1 Å². The van der Waals surface area contributed by atoms with Gasteiger partial charge in [-0.25, -0.2) is 9.37 Å². The van der Waals surface area contributed by atoms with Crippen molar-refractivity contribution in [3.8, 4) is 0 Å². The number of para-hydroxylation sites is 1. The van der Waals surface area contributed by atoms with Crippen LogP contribution < -0.4 is 10.9 Å². The molecule has 0 aliphatic carbocycles.